The average molecular weight is 378 g/mol. The molecule has 0 aromatic carbocycles. The van der Waals surface area contributed by atoms with Crippen LogP contribution in [0.3, 0.4) is 0 Å². The number of aliphatic hydroxyl groups excluding tert-OH is 2. The molecule has 0 amide bonds. The van der Waals surface area contributed by atoms with Crippen molar-refractivity contribution < 1.29 is 24.0 Å². The van der Waals surface area contributed by atoms with Crippen LogP contribution in [0, 0.1) is 0 Å². The Hall–Kier alpha value is -1.29. The zero-order chi connectivity index (χ0) is 17.5. The van der Waals surface area contributed by atoms with Crippen LogP contribution < -0.4 is 5.32 Å². The molecule has 1 aliphatic heterocycles. The second-order valence-electron chi connectivity index (χ2n) is 5.39. The van der Waals surface area contributed by atoms with Gasteiger partial charge in [0.2, 0.25) is 0 Å². The number of ether oxygens (including phenoxy) is 1. The molecule has 3 rings (SSSR count). The zero-order valence-electron chi connectivity index (χ0n) is 12.9. The highest BCUT2D eigenvalue weighted by atomic mass is 35.7. The molecule has 3 N–H and O–H groups in total. The molecule has 0 aliphatic carbocycles. The highest BCUT2D eigenvalue weighted by molar-refractivity contribution is 7.84. The minimum atomic E-state index is -3.24. The lowest BCUT2D eigenvalue weighted by molar-refractivity contribution is -0.0467. The number of halogens is 1. The van der Waals surface area contributed by atoms with E-state index in [4.69, 9.17) is 20.5 Å². The van der Waals surface area contributed by atoms with Crippen LogP contribution in [0.5, 0.6) is 0 Å². The van der Waals surface area contributed by atoms with E-state index in [0.29, 0.717) is 17.0 Å². The number of nitrogens with zero attached hydrogens (tertiary/aromatic N) is 4. The van der Waals surface area contributed by atoms with Crippen molar-refractivity contribution in [2.75, 3.05) is 25.6 Å². The Morgan fingerprint density at radius 2 is 2.17 bits per heavy atom. The number of imidazole rings is 1. The summed E-state index contributed by atoms with van der Waals surface area (Å²) in [6, 6.07) is 0. The number of hydrogen-bond acceptors (Lipinski definition) is 9. The summed E-state index contributed by atoms with van der Waals surface area (Å²) in [6.07, 6.45) is -1.50. The van der Waals surface area contributed by atoms with Crippen molar-refractivity contribution in [2.45, 2.75) is 24.5 Å². The Morgan fingerprint density at radius 3 is 2.83 bits per heavy atom. The Morgan fingerprint density at radius 1 is 1.42 bits per heavy atom. The molecule has 1 fully saturated rings. The molecule has 24 heavy (non-hydrogen) atoms. The SMILES string of the molecule is CNc1ncnc2c1ncn2[C@@H]1O[C@H](COP(C)(=O)Cl)C(O)C1O. The van der Waals surface area contributed by atoms with Crippen molar-refractivity contribution in [1.29, 1.82) is 0 Å². The van der Waals surface area contributed by atoms with Gasteiger partial charge in [0.05, 0.1) is 12.9 Å². The van der Waals surface area contributed by atoms with E-state index in [1.54, 1.807) is 7.05 Å². The second kappa shape index (κ2) is 6.55. The number of fused-ring (bicyclic) bond motifs is 1. The fraction of sp³-hybridized carbons (Fsp3) is 0.583. The van der Waals surface area contributed by atoms with Crippen LogP contribution >= 0.6 is 18.0 Å². The maximum Gasteiger partial charge on any atom is 0.287 e. The summed E-state index contributed by atoms with van der Waals surface area (Å²) < 4.78 is 23.5. The number of nitrogens with one attached hydrogen (secondary N) is 1. The molecule has 0 saturated carbocycles. The van der Waals surface area contributed by atoms with Gasteiger partial charge in [-0.15, -0.1) is 0 Å². The van der Waals surface area contributed by atoms with Crippen LogP contribution in [0.25, 0.3) is 11.2 Å². The summed E-state index contributed by atoms with van der Waals surface area (Å²) in [5.41, 5.74) is 0.939. The average Bonchev–Trinajstić information content (AvgIpc) is 3.07. The number of hydrogen-bond donors (Lipinski definition) is 3. The molecular weight excluding hydrogens is 361 g/mol. The minimum absolute atomic E-state index is 0.213. The van der Waals surface area contributed by atoms with Gasteiger partial charge in [0.1, 0.15) is 30.2 Å². The van der Waals surface area contributed by atoms with Crippen LogP contribution in [0.2, 0.25) is 0 Å². The van der Waals surface area contributed by atoms with E-state index in [1.807, 2.05) is 0 Å². The van der Waals surface area contributed by atoms with Crippen LogP contribution in [0.15, 0.2) is 12.7 Å². The largest absolute Gasteiger partial charge is 0.387 e. The normalized spacial score (nSPS) is 29.7. The summed E-state index contributed by atoms with van der Waals surface area (Å²) >= 11 is 5.54. The Balaban J connectivity index is 1.86. The van der Waals surface area contributed by atoms with E-state index in [0.717, 1.165) is 0 Å². The van der Waals surface area contributed by atoms with Crippen molar-refractivity contribution in [3.63, 3.8) is 0 Å². The lowest BCUT2D eigenvalue weighted by Crippen LogP contribution is -2.33. The van der Waals surface area contributed by atoms with E-state index < -0.39 is 31.3 Å². The summed E-state index contributed by atoms with van der Waals surface area (Å²) in [6.45, 7) is -2.22. The molecule has 0 bridgehead atoms. The molecule has 2 aromatic rings. The van der Waals surface area contributed by atoms with E-state index in [9.17, 15) is 14.8 Å². The molecule has 0 spiro atoms. The molecule has 132 valence electrons. The lowest BCUT2D eigenvalue weighted by atomic mass is 10.1. The maximum atomic E-state index is 11.4. The quantitative estimate of drug-likeness (QED) is 0.639. The smallest absolute Gasteiger partial charge is 0.287 e. The van der Waals surface area contributed by atoms with E-state index in [-0.39, 0.29) is 6.61 Å². The predicted octanol–water partition coefficient (Wildman–Crippen LogP) is 0.565. The fourth-order valence-corrected chi connectivity index (χ4v) is 3.11. The van der Waals surface area contributed by atoms with Crippen molar-refractivity contribution in [3.05, 3.63) is 12.7 Å². The number of anilines is 1. The molecular formula is C12H17ClN5O5P. The van der Waals surface area contributed by atoms with Crippen LogP contribution in [-0.4, -0.2) is 68.4 Å². The third-order valence-electron chi connectivity index (χ3n) is 3.68. The molecule has 1 aliphatic rings. The maximum absolute atomic E-state index is 11.4. The molecule has 0 radical (unpaired) electrons. The molecule has 5 atom stereocenters. The van der Waals surface area contributed by atoms with E-state index in [1.165, 1.54) is 23.9 Å². The third-order valence-corrected chi connectivity index (χ3v) is 4.58. The Kier molecular flexibility index (Phi) is 4.78. The summed E-state index contributed by atoms with van der Waals surface area (Å²) in [5, 5.41) is 23.3. The first-order valence-electron chi connectivity index (χ1n) is 7.10. The second-order valence-corrected chi connectivity index (χ2v) is 8.98. The van der Waals surface area contributed by atoms with Gasteiger partial charge in [0, 0.05) is 13.7 Å². The van der Waals surface area contributed by atoms with Gasteiger partial charge in [0.25, 0.3) is 6.72 Å². The Labute approximate surface area is 142 Å². The predicted molar refractivity (Wildman–Crippen MR) is 86.1 cm³/mol. The summed E-state index contributed by atoms with van der Waals surface area (Å²) in [4.78, 5) is 12.4. The van der Waals surface area contributed by atoms with Gasteiger partial charge in [-0.1, -0.05) is 0 Å². The molecule has 3 heterocycles. The highest BCUT2D eigenvalue weighted by Crippen LogP contribution is 2.48. The number of aliphatic hydroxyl groups is 2. The first kappa shape index (κ1) is 17.5. The highest BCUT2D eigenvalue weighted by Gasteiger charge is 2.45. The minimum Gasteiger partial charge on any atom is -0.387 e. The van der Waals surface area contributed by atoms with Crippen LogP contribution in [0.4, 0.5) is 5.82 Å². The Bertz CT molecular complexity index is 782. The van der Waals surface area contributed by atoms with Gasteiger partial charge in [-0.05, 0) is 11.2 Å². The van der Waals surface area contributed by atoms with Crippen molar-refractivity contribution in [3.8, 4) is 0 Å². The van der Waals surface area contributed by atoms with Crippen molar-refractivity contribution >= 4 is 34.9 Å². The van der Waals surface area contributed by atoms with Gasteiger partial charge in [-0.25, -0.2) is 15.0 Å². The molecule has 2 aromatic heterocycles. The third kappa shape index (κ3) is 3.26. The zero-order valence-corrected chi connectivity index (χ0v) is 14.6. The van der Waals surface area contributed by atoms with E-state index in [2.05, 4.69) is 20.3 Å². The van der Waals surface area contributed by atoms with Gasteiger partial charge in [-0.3, -0.25) is 9.13 Å². The summed E-state index contributed by atoms with van der Waals surface area (Å²) in [7, 11) is 1.70. The standard InChI is InChI=1S/C12H17ClN5O5P/c1-14-10-7-11(16-4-15-10)18(5-17-7)12-9(20)8(19)6(23-12)3-22-24(2,13)21/h4-6,8-9,12,19-20H,3H2,1-2H3,(H,14,15,16)/t6-,8?,9?,12-,24?/m1/s1. The fourth-order valence-electron chi connectivity index (χ4n) is 2.52. The lowest BCUT2D eigenvalue weighted by Gasteiger charge is -2.16. The van der Waals surface area contributed by atoms with Crippen molar-refractivity contribution in [1.82, 2.24) is 19.5 Å². The first-order valence-corrected chi connectivity index (χ1v) is 10.1. The van der Waals surface area contributed by atoms with Crippen LogP contribution in [0.1, 0.15) is 6.23 Å². The number of aromatic nitrogens is 4. The molecule has 10 nitrogen and oxygen atoms in total. The first-order chi connectivity index (χ1) is 11.3. The van der Waals surface area contributed by atoms with Gasteiger partial charge >= 0.3 is 0 Å². The van der Waals surface area contributed by atoms with Gasteiger partial charge in [0.15, 0.2) is 17.7 Å². The molecule has 1 saturated heterocycles. The van der Waals surface area contributed by atoms with Crippen LogP contribution in [-0.2, 0) is 13.8 Å². The van der Waals surface area contributed by atoms with E-state index >= 15 is 0 Å². The van der Waals surface area contributed by atoms with Gasteiger partial charge < -0.3 is 24.8 Å². The summed E-state index contributed by atoms with van der Waals surface area (Å²) in [5.74, 6) is 0.528. The van der Waals surface area contributed by atoms with Gasteiger partial charge in [-0.2, -0.15) is 0 Å². The molecule has 3 unspecified atom stereocenters. The van der Waals surface area contributed by atoms with Crippen molar-refractivity contribution in [2.24, 2.45) is 0 Å². The number of rotatable bonds is 5. The topological polar surface area (TPSA) is 132 Å². The monoisotopic (exact) mass is 377 g/mol. The molecule has 12 heteroatoms.